The second kappa shape index (κ2) is 7.21. The molecule has 0 bridgehead atoms. The number of benzene rings is 1. The molecule has 1 amide bonds. The summed E-state index contributed by atoms with van der Waals surface area (Å²) in [7, 11) is -1.42. The highest BCUT2D eigenvalue weighted by Crippen LogP contribution is 2.17. The predicted molar refractivity (Wildman–Crippen MR) is 94.7 cm³/mol. The van der Waals surface area contributed by atoms with E-state index in [0.29, 0.717) is 11.6 Å². The van der Waals surface area contributed by atoms with Crippen LogP contribution in [-0.4, -0.2) is 19.8 Å². The molecule has 1 N–H and O–H groups in total. The summed E-state index contributed by atoms with van der Waals surface area (Å²) in [4.78, 5) is 11.6. The third-order valence-electron chi connectivity index (χ3n) is 2.44. The van der Waals surface area contributed by atoms with Crippen LogP contribution in [0.2, 0.25) is 24.7 Å². The van der Waals surface area contributed by atoms with Gasteiger partial charge in [-0.3, -0.25) is 0 Å². The van der Waals surface area contributed by atoms with Gasteiger partial charge in [-0.2, -0.15) is 0 Å². The minimum atomic E-state index is -1.42. The molecule has 0 aromatic heterocycles. The Labute approximate surface area is 139 Å². The number of nitrogens with one attached hydrogen (secondary N) is 1. The molecule has 0 fully saturated rings. The summed E-state index contributed by atoms with van der Waals surface area (Å²) in [6.45, 7) is 12.4. The predicted octanol–water partition coefficient (Wildman–Crippen LogP) is 4.59. The summed E-state index contributed by atoms with van der Waals surface area (Å²) in [6, 6.07) is 5.63. The number of rotatable bonds is 2. The van der Waals surface area contributed by atoms with Crippen LogP contribution in [0.4, 0.5) is 4.79 Å². The maximum absolute atomic E-state index is 11.6. The summed E-state index contributed by atoms with van der Waals surface area (Å²) < 4.78 is 5.19. The number of hydrogen-bond donors (Lipinski definition) is 1. The Morgan fingerprint density at radius 3 is 2.45 bits per heavy atom. The average Bonchev–Trinajstić information content (AvgIpc) is 2.32. The van der Waals surface area contributed by atoms with E-state index in [0.717, 1.165) is 11.1 Å². The normalized spacial score (nSPS) is 11.4. The zero-order chi connectivity index (χ0) is 17.0. The number of halogens is 1. The third kappa shape index (κ3) is 7.53. The highest BCUT2D eigenvalue weighted by molar-refractivity contribution is 6.83. The molecular formula is C17H24ClNO2Si. The van der Waals surface area contributed by atoms with Crippen LogP contribution in [0.25, 0.3) is 0 Å². The Balaban J connectivity index is 2.70. The topological polar surface area (TPSA) is 38.3 Å². The van der Waals surface area contributed by atoms with Crippen LogP contribution in [0.3, 0.4) is 0 Å². The Bertz CT molecular complexity index is 604. The zero-order valence-electron chi connectivity index (χ0n) is 14.1. The van der Waals surface area contributed by atoms with Crippen LogP contribution in [0, 0.1) is 11.5 Å². The van der Waals surface area contributed by atoms with Gasteiger partial charge in [0.15, 0.2) is 0 Å². The second-order valence-corrected chi connectivity index (χ2v) is 12.3. The fraction of sp³-hybridized carbons (Fsp3) is 0.471. The lowest BCUT2D eigenvalue weighted by molar-refractivity contribution is 0.0523. The molecule has 3 nitrogen and oxygen atoms in total. The molecule has 0 spiro atoms. The lowest BCUT2D eigenvalue weighted by atomic mass is 10.1. The smallest absolute Gasteiger partial charge is 0.407 e. The molecule has 0 atom stereocenters. The van der Waals surface area contributed by atoms with Crippen molar-refractivity contribution in [1.29, 1.82) is 0 Å². The molecule has 1 aromatic carbocycles. The van der Waals surface area contributed by atoms with Crippen molar-refractivity contribution in [2.45, 2.75) is 52.6 Å². The summed E-state index contributed by atoms with van der Waals surface area (Å²) in [5.74, 6) is 3.14. The molecule has 120 valence electrons. The van der Waals surface area contributed by atoms with Crippen molar-refractivity contribution in [3.63, 3.8) is 0 Å². The van der Waals surface area contributed by atoms with Crippen molar-refractivity contribution in [3.8, 4) is 11.5 Å². The number of hydrogen-bond acceptors (Lipinski definition) is 2. The highest BCUT2D eigenvalue weighted by Gasteiger charge is 2.15. The maximum Gasteiger partial charge on any atom is 0.407 e. The molecule has 0 saturated carbocycles. The van der Waals surface area contributed by atoms with Crippen LogP contribution in [-0.2, 0) is 11.3 Å². The van der Waals surface area contributed by atoms with Gasteiger partial charge < -0.3 is 10.1 Å². The van der Waals surface area contributed by atoms with E-state index in [2.05, 4.69) is 36.4 Å². The van der Waals surface area contributed by atoms with Crippen molar-refractivity contribution in [2.24, 2.45) is 0 Å². The first kappa shape index (κ1) is 18.6. The molecule has 0 aliphatic heterocycles. The third-order valence-corrected chi connectivity index (χ3v) is 3.63. The number of alkyl carbamates (subject to hydrolysis) is 1. The Morgan fingerprint density at radius 1 is 1.32 bits per heavy atom. The molecule has 0 heterocycles. The van der Waals surface area contributed by atoms with E-state index in [4.69, 9.17) is 16.3 Å². The minimum Gasteiger partial charge on any atom is -0.444 e. The van der Waals surface area contributed by atoms with E-state index < -0.39 is 19.8 Å². The van der Waals surface area contributed by atoms with E-state index in [1.807, 2.05) is 39.0 Å². The molecule has 5 heteroatoms. The molecule has 0 unspecified atom stereocenters. The van der Waals surface area contributed by atoms with E-state index in [1.165, 1.54) is 0 Å². The molecule has 0 radical (unpaired) electrons. The van der Waals surface area contributed by atoms with Crippen molar-refractivity contribution in [3.05, 3.63) is 34.3 Å². The monoisotopic (exact) mass is 337 g/mol. The maximum atomic E-state index is 11.6. The van der Waals surface area contributed by atoms with Gasteiger partial charge in [-0.15, -0.1) is 5.54 Å². The van der Waals surface area contributed by atoms with Gasteiger partial charge in [0.05, 0.1) is 5.02 Å². The van der Waals surface area contributed by atoms with Gasteiger partial charge in [0.25, 0.3) is 0 Å². The van der Waals surface area contributed by atoms with E-state index in [-0.39, 0.29) is 0 Å². The highest BCUT2D eigenvalue weighted by atomic mass is 35.5. The average molecular weight is 338 g/mol. The Kier molecular flexibility index (Phi) is 6.10. The summed E-state index contributed by atoms with van der Waals surface area (Å²) in [6.07, 6.45) is -0.439. The van der Waals surface area contributed by atoms with Crippen LogP contribution < -0.4 is 5.32 Å². The fourth-order valence-electron chi connectivity index (χ4n) is 1.51. The largest absolute Gasteiger partial charge is 0.444 e. The first-order valence-corrected chi connectivity index (χ1v) is 11.1. The minimum absolute atomic E-state index is 0.371. The number of carbonyl (C=O) groups excluding carboxylic acids is 1. The molecule has 0 aliphatic rings. The fourth-order valence-corrected chi connectivity index (χ4v) is 2.27. The molecule has 0 saturated heterocycles. The van der Waals surface area contributed by atoms with Crippen molar-refractivity contribution >= 4 is 25.8 Å². The van der Waals surface area contributed by atoms with Crippen LogP contribution in [0.5, 0.6) is 0 Å². The molecule has 1 aromatic rings. The Hall–Kier alpha value is -1.44. The molecule has 0 aliphatic carbocycles. The van der Waals surface area contributed by atoms with Crippen molar-refractivity contribution in [1.82, 2.24) is 5.32 Å². The number of ether oxygens (including phenoxy) is 1. The van der Waals surface area contributed by atoms with Gasteiger partial charge in [-0.1, -0.05) is 43.2 Å². The van der Waals surface area contributed by atoms with Crippen LogP contribution in [0.15, 0.2) is 18.2 Å². The molecular weight excluding hydrogens is 314 g/mol. The van der Waals surface area contributed by atoms with Gasteiger partial charge >= 0.3 is 6.09 Å². The first-order valence-electron chi connectivity index (χ1n) is 7.25. The lowest BCUT2D eigenvalue weighted by Gasteiger charge is -2.19. The first-order chi connectivity index (χ1) is 9.96. The van der Waals surface area contributed by atoms with E-state index >= 15 is 0 Å². The number of amides is 1. The summed E-state index contributed by atoms with van der Waals surface area (Å²) in [5.41, 5.74) is 4.52. The van der Waals surface area contributed by atoms with Crippen LogP contribution >= 0.6 is 11.6 Å². The zero-order valence-corrected chi connectivity index (χ0v) is 15.9. The Morgan fingerprint density at radius 2 is 1.95 bits per heavy atom. The van der Waals surface area contributed by atoms with E-state index in [1.54, 1.807) is 0 Å². The molecule has 22 heavy (non-hydrogen) atoms. The van der Waals surface area contributed by atoms with Gasteiger partial charge in [-0.05, 0) is 38.5 Å². The van der Waals surface area contributed by atoms with Gasteiger partial charge in [-0.25, -0.2) is 4.79 Å². The van der Waals surface area contributed by atoms with Gasteiger partial charge in [0, 0.05) is 12.1 Å². The SMILES string of the molecule is CC(C)(C)OC(=O)NCc1ccc(C#C[Si](C)(C)C)c(Cl)c1. The summed E-state index contributed by atoms with van der Waals surface area (Å²) >= 11 is 6.25. The molecule has 1 rings (SSSR count). The standard InChI is InChI=1S/C17H24ClNO2Si/c1-17(2,3)21-16(20)19-12-13-7-8-14(15(18)11-13)9-10-22(4,5)6/h7-8,11H,12H2,1-6H3,(H,19,20). The van der Waals surface area contributed by atoms with E-state index in [9.17, 15) is 4.79 Å². The van der Waals surface area contributed by atoms with Crippen molar-refractivity contribution < 1.29 is 9.53 Å². The van der Waals surface area contributed by atoms with Crippen molar-refractivity contribution in [2.75, 3.05) is 0 Å². The lowest BCUT2D eigenvalue weighted by Crippen LogP contribution is -2.32. The summed E-state index contributed by atoms with van der Waals surface area (Å²) in [5, 5.41) is 3.32. The number of carbonyl (C=O) groups is 1. The van der Waals surface area contributed by atoms with Gasteiger partial charge in [0.2, 0.25) is 0 Å². The second-order valence-electron chi connectivity index (χ2n) is 7.17. The van der Waals surface area contributed by atoms with Crippen LogP contribution in [0.1, 0.15) is 31.9 Å². The quantitative estimate of drug-likeness (QED) is 0.633. The van der Waals surface area contributed by atoms with Gasteiger partial charge in [0.1, 0.15) is 13.7 Å².